The van der Waals surface area contributed by atoms with Crippen molar-refractivity contribution in [2.24, 2.45) is 0 Å². The highest BCUT2D eigenvalue weighted by Crippen LogP contribution is 2.36. The number of rotatable bonds is 9. The molecular formula is C24H29NO6. The van der Waals surface area contributed by atoms with Crippen LogP contribution in [0.15, 0.2) is 30.3 Å². The Labute approximate surface area is 182 Å². The molecule has 7 heteroatoms. The fraction of sp³-hybridized carbons (Fsp3) is 0.375. The first-order valence-electron chi connectivity index (χ1n) is 10.2. The van der Waals surface area contributed by atoms with E-state index in [1.807, 2.05) is 26.0 Å². The smallest absolute Gasteiger partial charge is 0.244 e. The van der Waals surface area contributed by atoms with Crippen LogP contribution in [0.1, 0.15) is 30.5 Å². The fourth-order valence-corrected chi connectivity index (χ4v) is 3.50. The van der Waals surface area contributed by atoms with Gasteiger partial charge in [-0.05, 0) is 38.1 Å². The van der Waals surface area contributed by atoms with Crippen molar-refractivity contribution in [2.45, 2.75) is 32.9 Å². The highest BCUT2D eigenvalue weighted by atomic mass is 16.5. The lowest BCUT2D eigenvalue weighted by atomic mass is 10.1. The zero-order valence-corrected chi connectivity index (χ0v) is 18.6. The van der Waals surface area contributed by atoms with Gasteiger partial charge >= 0.3 is 0 Å². The summed E-state index contributed by atoms with van der Waals surface area (Å²) in [5.41, 5.74) is 2.70. The Hall–Kier alpha value is -3.35. The first-order chi connectivity index (χ1) is 15.0. The fourth-order valence-electron chi connectivity index (χ4n) is 3.50. The van der Waals surface area contributed by atoms with Crippen LogP contribution in [0.5, 0.6) is 28.7 Å². The van der Waals surface area contributed by atoms with Gasteiger partial charge in [-0.2, -0.15) is 0 Å². The number of fused-ring (bicyclic) bond motifs is 1. The minimum absolute atomic E-state index is 0.142. The SMILES string of the molecule is CCOc1cc2c(cc1/C=C/C(=O)NCc1cc(OC)c(OC)cc1OC)O[C@@H](C)C2. The van der Waals surface area contributed by atoms with Crippen LogP contribution in [0.2, 0.25) is 0 Å². The number of hydrogen-bond donors (Lipinski definition) is 1. The molecule has 7 nitrogen and oxygen atoms in total. The lowest BCUT2D eigenvalue weighted by Gasteiger charge is -2.14. The number of benzene rings is 2. The van der Waals surface area contributed by atoms with E-state index in [1.54, 1.807) is 39.5 Å². The normalized spacial score (nSPS) is 14.7. The number of nitrogens with one attached hydrogen (secondary N) is 1. The molecule has 31 heavy (non-hydrogen) atoms. The Kier molecular flexibility index (Phi) is 7.28. The van der Waals surface area contributed by atoms with Crippen LogP contribution >= 0.6 is 0 Å². The summed E-state index contributed by atoms with van der Waals surface area (Å²) in [7, 11) is 4.69. The van der Waals surface area contributed by atoms with Crippen LogP contribution in [0.3, 0.4) is 0 Å². The van der Waals surface area contributed by atoms with Gasteiger partial charge in [0.2, 0.25) is 5.91 Å². The monoisotopic (exact) mass is 427 g/mol. The summed E-state index contributed by atoms with van der Waals surface area (Å²) in [6.45, 7) is 4.78. The molecule has 1 atom stereocenters. The van der Waals surface area contributed by atoms with Crippen LogP contribution in [0.4, 0.5) is 0 Å². The molecule has 0 saturated carbocycles. The van der Waals surface area contributed by atoms with E-state index >= 15 is 0 Å². The van der Waals surface area contributed by atoms with Crippen LogP contribution in [-0.2, 0) is 17.8 Å². The molecule has 0 saturated heterocycles. The van der Waals surface area contributed by atoms with Crippen molar-refractivity contribution in [3.8, 4) is 28.7 Å². The van der Waals surface area contributed by atoms with Gasteiger partial charge in [0.05, 0.1) is 27.9 Å². The van der Waals surface area contributed by atoms with Gasteiger partial charge in [0, 0.05) is 41.8 Å². The van der Waals surface area contributed by atoms with Gasteiger partial charge in [0.25, 0.3) is 0 Å². The van der Waals surface area contributed by atoms with E-state index in [4.69, 9.17) is 23.7 Å². The first-order valence-corrected chi connectivity index (χ1v) is 10.2. The summed E-state index contributed by atoms with van der Waals surface area (Å²) in [5, 5.41) is 2.87. The average molecular weight is 427 g/mol. The third-order valence-corrected chi connectivity index (χ3v) is 4.98. The summed E-state index contributed by atoms with van der Waals surface area (Å²) >= 11 is 0. The number of ether oxygens (including phenoxy) is 5. The topological polar surface area (TPSA) is 75.3 Å². The molecule has 166 valence electrons. The third-order valence-electron chi connectivity index (χ3n) is 4.98. The predicted molar refractivity (Wildman–Crippen MR) is 118 cm³/mol. The van der Waals surface area contributed by atoms with E-state index in [2.05, 4.69) is 5.32 Å². The second-order valence-corrected chi connectivity index (χ2v) is 7.13. The van der Waals surface area contributed by atoms with Gasteiger partial charge in [0.1, 0.15) is 23.4 Å². The van der Waals surface area contributed by atoms with Crippen molar-refractivity contribution in [3.63, 3.8) is 0 Å². The predicted octanol–water partition coefficient (Wildman–Crippen LogP) is 3.76. The first kappa shape index (κ1) is 22.3. The van der Waals surface area contributed by atoms with E-state index in [1.165, 1.54) is 6.08 Å². The molecule has 0 bridgehead atoms. The van der Waals surface area contributed by atoms with E-state index in [0.29, 0.717) is 23.9 Å². The summed E-state index contributed by atoms with van der Waals surface area (Å²) in [6, 6.07) is 7.43. The van der Waals surface area contributed by atoms with Crippen LogP contribution < -0.4 is 29.0 Å². The van der Waals surface area contributed by atoms with E-state index < -0.39 is 0 Å². The minimum Gasteiger partial charge on any atom is -0.496 e. The van der Waals surface area contributed by atoms with Gasteiger partial charge in [-0.3, -0.25) is 4.79 Å². The van der Waals surface area contributed by atoms with Gasteiger partial charge < -0.3 is 29.0 Å². The maximum absolute atomic E-state index is 12.5. The Morgan fingerprint density at radius 1 is 1.06 bits per heavy atom. The Balaban J connectivity index is 1.72. The molecule has 0 unspecified atom stereocenters. The maximum atomic E-state index is 12.5. The van der Waals surface area contributed by atoms with Crippen LogP contribution in [0.25, 0.3) is 6.08 Å². The molecule has 0 fully saturated rings. The third kappa shape index (κ3) is 5.23. The largest absolute Gasteiger partial charge is 0.496 e. The quantitative estimate of drug-likeness (QED) is 0.614. The van der Waals surface area contributed by atoms with Crippen molar-refractivity contribution < 1.29 is 28.5 Å². The second-order valence-electron chi connectivity index (χ2n) is 7.13. The van der Waals surface area contributed by atoms with Crippen LogP contribution in [0, 0.1) is 0 Å². The molecule has 3 rings (SSSR count). The molecule has 0 spiro atoms. The molecule has 1 amide bonds. The molecule has 2 aromatic carbocycles. The number of amides is 1. The summed E-state index contributed by atoms with van der Waals surface area (Å²) in [6.07, 6.45) is 4.21. The summed E-state index contributed by atoms with van der Waals surface area (Å²) < 4.78 is 27.6. The average Bonchev–Trinajstić information content (AvgIpc) is 3.14. The zero-order chi connectivity index (χ0) is 22.4. The molecule has 0 radical (unpaired) electrons. The molecule has 2 aromatic rings. The maximum Gasteiger partial charge on any atom is 0.244 e. The van der Waals surface area contributed by atoms with E-state index in [-0.39, 0.29) is 18.6 Å². The molecule has 1 aliphatic rings. The van der Waals surface area contributed by atoms with Gasteiger partial charge in [-0.15, -0.1) is 0 Å². The lowest BCUT2D eigenvalue weighted by molar-refractivity contribution is -0.116. The van der Waals surface area contributed by atoms with E-state index in [0.717, 1.165) is 34.6 Å². The lowest BCUT2D eigenvalue weighted by Crippen LogP contribution is -2.20. The molecule has 1 aliphatic heterocycles. The van der Waals surface area contributed by atoms with Gasteiger partial charge in [-0.1, -0.05) is 0 Å². The van der Waals surface area contributed by atoms with Gasteiger partial charge in [0.15, 0.2) is 11.5 Å². The van der Waals surface area contributed by atoms with Crippen molar-refractivity contribution in [1.82, 2.24) is 5.32 Å². The summed E-state index contributed by atoms with van der Waals surface area (Å²) in [4.78, 5) is 12.5. The summed E-state index contributed by atoms with van der Waals surface area (Å²) in [5.74, 6) is 3.07. The molecule has 1 heterocycles. The van der Waals surface area contributed by atoms with Crippen molar-refractivity contribution in [3.05, 3.63) is 47.0 Å². The second kappa shape index (κ2) is 10.1. The highest BCUT2D eigenvalue weighted by Gasteiger charge is 2.21. The minimum atomic E-state index is -0.242. The Bertz CT molecular complexity index is 969. The Morgan fingerprint density at radius 3 is 2.45 bits per heavy atom. The molecule has 1 N–H and O–H groups in total. The molecule has 0 aliphatic carbocycles. The van der Waals surface area contributed by atoms with Crippen molar-refractivity contribution in [2.75, 3.05) is 27.9 Å². The molecular weight excluding hydrogens is 398 g/mol. The number of hydrogen-bond acceptors (Lipinski definition) is 6. The van der Waals surface area contributed by atoms with Gasteiger partial charge in [-0.25, -0.2) is 0 Å². The van der Waals surface area contributed by atoms with E-state index in [9.17, 15) is 4.79 Å². The van der Waals surface area contributed by atoms with Crippen molar-refractivity contribution >= 4 is 12.0 Å². The number of methoxy groups -OCH3 is 3. The zero-order valence-electron chi connectivity index (χ0n) is 18.6. The van der Waals surface area contributed by atoms with Crippen molar-refractivity contribution in [1.29, 1.82) is 0 Å². The Morgan fingerprint density at radius 2 is 1.77 bits per heavy atom. The number of carbonyl (C=O) groups excluding carboxylic acids is 1. The highest BCUT2D eigenvalue weighted by molar-refractivity contribution is 5.92. The molecule has 0 aromatic heterocycles. The van der Waals surface area contributed by atoms with Crippen LogP contribution in [-0.4, -0.2) is 39.9 Å². The standard InChI is InChI=1S/C24H29NO6/c1-6-30-20-11-17-9-15(2)31-21(17)10-16(20)7-8-24(26)25-14-18-12-22(28-4)23(29-5)13-19(18)27-3/h7-8,10-13,15H,6,9,14H2,1-5H3,(H,25,26)/b8-7+/t15-/m0/s1. The number of carbonyl (C=O) groups is 1.